The molecule has 0 spiro atoms. The molecule has 0 heterocycles. The second-order valence-electron chi connectivity index (χ2n) is 7.93. The quantitative estimate of drug-likeness (QED) is 0.490. The zero-order chi connectivity index (χ0) is 20.7. The maximum Gasteiger partial charge on any atom is 0.191 e. The molecule has 27 heavy (non-hydrogen) atoms. The van der Waals surface area contributed by atoms with Gasteiger partial charge in [0.25, 0.3) is 0 Å². The third kappa shape index (κ3) is 9.72. The van der Waals surface area contributed by atoms with Crippen LogP contribution in [0.4, 0.5) is 4.39 Å². The number of hydrogen-bond acceptors (Lipinski definition) is 4. The summed E-state index contributed by atoms with van der Waals surface area (Å²) in [6.45, 7) is 8.84. The van der Waals surface area contributed by atoms with Crippen LogP contribution in [0.3, 0.4) is 0 Å². The van der Waals surface area contributed by atoms with Crippen molar-refractivity contribution in [1.29, 1.82) is 0 Å². The second kappa shape index (κ2) is 10.0. The summed E-state index contributed by atoms with van der Waals surface area (Å²) in [5.41, 5.74) is 1.19. The molecular formula is C19H33FN4O2S. The summed E-state index contributed by atoms with van der Waals surface area (Å²) in [6, 6.07) is 4.15. The van der Waals surface area contributed by atoms with Crippen LogP contribution in [0.25, 0.3) is 0 Å². The summed E-state index contributed by atoms with van der Waals surface area (Å²) in [7, 11) is 0.863. The van der Waals surface area contributed by atoms with Gasteiger partial charge in [0.15, 0.2) is 15.8 Å². The van der Waals surface area contributed by atoms with Crippen LogP contribution in [-0.2, 0) is 22.1 Å². The Balaban J connectivity index is 2.93. The molecule has 0 aliphatic carbocycles. The van der Waals surface area contributed by atoms with Crippen LogP contribution in [0.15, 0.2) is 23.2 Å². The lowest BCUT2D eigenvalue weighted by atomic mass is 9.93. The summed E-state index contributed by atoms with van der Waals surface area (Å²) in [5.74, 6) is 0.0965. The van der Waals surface area contributed by atoms with Crippen molar-refractivity contribution in [2.24, 2.45) is 10.4 Å². The molecule has 8 heteroatoms. The molecule has 1 rings (SSSR count). The number of guanidine groups is 1. The highest BCUT2D eigenvalue weighted by Gasteiger charge is 2.19. The number of rotatable bonds is 9. The third-order valence-electron chi connectivity index (χ3n) is 3.82. The van der Waals surface area contributed by atoms with Gasteiger partial charge in [-0.2, -0.15) is 0 Å². The van der Waals surface area contributed by atoms with Crippen molar-refractivity contribution in [2.75, 3.05) is 40.0 Å². The van der Waals surface area contributed by atoms with Gasteiger partial charge in [-0.25, -0.2) is 17.8 Å². The van der Waals surface area contributed by atoms with Crippen LogP contribution in [0.2, 0.25) is 0 Å². The lowest BCUT2D eigenvalue weighted by Crippen LogP contribution is -2.44. The van der Waals surface area contributed by atoms with E-state index < -0.39 is 15.7 Å². The molecule has 0 amide bonds. The first kappa shape index (κ1) is 23.4. The molecule has 0 atom stereocenters. The molecule has 1 aromatic rings. The fraction of sp³-hybridized carbons (Fsp3) is 0.632. The first-order valence-electron chi connectivity index (χ1n) is 9.04. The van der Waals surface area contributed by atoms with Crippen molar-refractivity contribution < 1.29 is 12.8 Å². The lowest BCUT2D eigenvalue weighted by Gasteiger charge is -2.29. The number of halogens is 1. The van der Waals surface area contributed by atoms with Crippen LogP contribution in [-0.4, -0.2) is 59.3 Å². The normalized spacial score (nSPS) is 13.1. The van der Waals surface area contributed by atoms with Crippen molar-refractivity contribution in [3.8, 4) is 0 Å². The van der Waals surface area contributed by atoms with E-state index in [1.165, 1.54) is 24.5 Å². The summed E-state index contributed by atoms with van der Waals surface area (Å²) in [6.07, 6.45) is 1.17. The van der Waals surface area contributed by atoms with E-state index in [2.05, 4.69) is 34.4 Å². The molecule has 154 valence electrons. The fourth-order valence-electron chi connectivity index (χ4n) is 2.91. The van der Waals surface area contributed by atoms with E-state index in [9.17, 15) is 12.8 Å². The monoisotopic (exact) mass is 400 g/mol. The molecule has 1 aromatic carbocycles. The zero-order valence-electron chi connectivity index (χ0n) is 17.3. The molecule has 0 aromatic heterocycles. The summed E-state index contributed by atoms with van der Waals surface area (Å²) >= 11 is 0. The van der Waals surface area contributed by atoms with Crippen LogP contribution in [0.1, 0.15) is 31.9 Å². The maximum absolute atomic E-state index is 13.6. The molecule has 0 aliphatic heterocycles. The Morgan fingerprint density at radius 2 is 1.89 bits per heavy atom. The molecule has 0 saturated heterocycles. The van der Waals surface area contributed by atoms with Crippen molar-refractivity contribution in [2.45, 2.75) is 33.1 Å². The van der Waals surface area contributed by atoms with E-state index >= 15 is 0 Å². The Morgan fingerprint density at radius 3 is 2.44 bits per heavy atom. The van der Waals surface area contributed by atoms with Crippen molar-refractivity contribution in [1.82, 2.24) is 15.5 Å². The summed E-state index contributed by atoms with van der Waals surface area (Å²) < 4.78 is 36.9. The number of nitrogens with zero attached hydrogens (tertiary/aromatic N) is 2. The standard InChI is InChI=1S/C19H33FN4O2S/c1-7-21-18(23-13-19(2,3)14-24(4)5)22-11-16-10-17(20)9-8-15(16)12-27(6,25)26/h8-10H,7,11-14H2,1-6H3,(H2,21,22,23). The van der Waals surface area contributed by atoms with E-state index in [4.69, 9.17) is 0 Å². The Hall–Kier alpha value is -1.67. The highest BCUT2D eigenvalue weighted by Crippen LogP contribution is 2.16. The largest absolute Gasteiger partial charge is 0.357 e. The van der Waals surface area contributed by atoms with Crippen LogP contribution in [0, 0.1) is 11.2 Å². The van der Waals surface area contributed by atoms with Gasteiger partial charge in [-0.15, -0.1) is 0 Å². The molecule has 2 N–H and O–H groups in total. The van der Waals surface area contributed by atoms with Crippen molar-refractivity contribution in [3.05, 3.63) is 35.1 Å². The number of sulfone groups is 1. The predicted octanol–water partition coefficient (Wildman–Crippen LogP) is 2.01. The van der Waals surface area contributed by atoms with Gasteiger partial charge in [0.1, 0.15) is 5.82 Å². The Labute approximate surface area is 163 Å². The molecule has 0 aliphatic rings. The first-order chi connectivity index (χ1) is 12.4. The highest BCUT2D eigenvalue weighted by molar-refractivity contribution is 7.89. The number of benzene rings is 1. The first-order valence-corrected chi connectivity index (χ1v) is 11.1. The van der Waals surface area contributed by atoms with Gasteiger partial charge in [-0.1, -0.05) is 19.9 Å². The van der Waals surface area contributed by atoms with Gasteiger partial charge in [0.05, 0.1) is 12.3 Å². The molecular weight excluding hydrogens is 367 g/mol. The minimum atomic E-state index is -3.21. The van der Waals surface area contributed by atoms with Crippen LogP contribution < -0.4 is 10.6 Å². The molecule has 0 saturated carbocycles. The summed E-state index contributed by atoms with van der Waals surface area (Å²) in [5, 5.41) is 6.49. The van der Waals surface area contributed by atoms with E-state index in [-0.39, 0.29) is 17.7 Å². The minimum absolute atomic E-state index is 0.0417. The highest BCUT2D eigenvalue weighted by atomic mass is 32.2. The average Bonchev–Trinajstić information content (AvgIpc) is 2.50. The molecule has 0 unspecified atom stereocenters. The summed E-state index contributed by atoms with van der Waals surface area (Å²) in [4.78, 5) is 6.65. The Kier molecular flexibility index (Phi) is 8.68. The van der Waals surface area contributed by atoms with Crippen molar-refractivity contribution >= 4 is 15.8 Å². The van der Waals surface area contributed by atoms with Crippen LogP contribution in [0.5, 0.6) is 0 Å². The van der Waals surface area contributed by atoms with E-state index in [0.29, 0.717) is 23.6 Å². The van der Waals surface area contributed by atoms with Gasteiger partial charge >= 0.3 is 0 Å². The van der Waals surface area contributed by atoms with Gasteiger partial charge in [0, 0.05) is 25.9 Å². The molecule has 6 nitrogen and oxygen atoms in total. The molecule has 0 fully saturated rings. The van der Waals surface area contributed by atoms with Crippen LogP contribution >= 0.6 is 0 Å². The number of hydrogen-bond donors (Lipinski definition) is 2. The SMILES string of the molecule is CCNC(=NCc1cc(F)ccc1CS(C)(=O)=O)NCC(C)(C)CN(C)C. The maximum atomic E-state index is 13.6. The average molecular weight is 401 g/mol. The number of aliphatic imine (C=N–C) groups is 1. The van der Waals surface area contributed by atoms with Gasteiger partial charge in [0.2, 0.25) is 0 Å². The third-order valence-corrected chi connectivity index (χ3v) is 4.65. The van der Waals surface area contributed by atoms with E-state index in [0.717, 1.165) is 13.1 Å². The van der Waals surface area contributed by atoms with Gasteiger partial charge in [-0.05, 0) is 49.7 Å². The minimum Gasteiger partial charge on any atom is -0.357 e. The number of nitrogens with one attached hydrogen (secondary N) is 2. The predicted molar refractivity (Wildman–Crippen MR) is 110 cm³/mol. The van der Waals surface area contributed by atoms with Crippen molar-refractivity contribution in [3.63, 3.8) is 0 Å². The second-order valence-corrected chi connectivity index (χ2v) is 10.1. The Bertz CT molecular complexity index is 746. The fourth-order valence-corrected chi connectivity index (χ4v) is 3.75. The lowest BCUT2D eigenvalue weighted by molar-refractivity contribution is 0.241. The van der Waals surface area contributed by atoms with Gasteiger partial charge in [-0.3, -0.25) is 0 Å². The Morgan fingerprint density at radius 1 is 1.22 bits per heavy atom. The molecule has 0 radical (unpaired) electrons. The molecule has 0 bridgehead atoms. The zero-order valence-corrected chi connectivity index (χ0v) is 18.1. The topological polar surface area (TPSA) is 73.8 Å². The van der Waals surface area contributed by atoms with Gasteiger partial charge < -0.3 is 15.5 Å². The van der Waals surface area contributed by atoms with E-state index in [1.54, 1.807) is 0 Å². The van der Waals surface area contributed by atoms with E-state index in [1.807, 2.05) is 21.0 Å². The smallest absolute Gasteiger partial charge is 0.191 e.